The van der Waals surface area contributed by atoms with Gasteiger partial charge in [-0.15, -0.1) is 0 Å². The predicted molar refractivity (Wildman–Crippen MR) is 77.4 cm³/mol. The van der Waals surface area contributed by atoms with Crippen molar-refractivity contribution in [3.63, 3.8) is 0 Å². The maximum absolute atomic E-state index is 12.7. The van der Waals surface area contributed by atoms with Gasteiger partial charge in [0.25, 0.3) is 5.91 Å². The molecule has 1 aromatic rings. The number of carbonyl (C=O) groups is 2. The molecule has 0 aromatic carbocycles. The number of piperidine rings is 1. The summed E-state index contributed by atoms with van der Waals surface area (Å²) in [5, 5.41) is 6.83. The molecule has 21 heavy (non-hydrogen) atoms. The molecule has 6 nitrogen and oxygen atoms in total. The minimum absolute atomic E-state index is 0.00690. The van der Waals surface area contributed by atoms with Gasteiger partial charge in [0.05, 0.1) is 11.7 Å². The molecule has 1 aromatic heterocycles. The van der Waals surface area contributed by atoms with E-state index in [-0.39, 0.29) is 23.6 Å². The SMILES string of the molecule is NC(=O)c1cc([C@@H]2CCCCN2C(=O)C2CCCC2)[nH]n1. The summed E-state index contributed by atoms with van der Waals surface area (Å²) in [7, 11) is 0. The molecule has 2 heterocycles. The Morgan fingerprint density at radius 3 is 2.57 bits per heavy atom. The van der Waals surface area contributed by atoms with E-state index < -0.39 is 5.91 Å². The number of hydrogen-bond acceptors (Lipinski definition) is 3. The first kappa shape index (κ1) is 14.1. The van der Waals surface area contributed by atoms with Crippen molar-refractivity contribution in [1.29, 1.82) is 0 Å². The van der Waals surface area contributed by atoms with E-state index in [4.69, 9.17) is 5.73 Å². The lowest BCUT2D eigenvalue weighted by Gasteiger charge is -2.36. The minimum Gasteiger partial charge on any atom is -0.364 e. The van der Waals surface area contributed by atoms with Gasteiger partial charge in [-0.1, -0.05) is 12.8 Å². The second-order valence-corrected chi connectivity index (χ2v) is 6.10. The molecule has 6 heteroatoms. The van der Waals surface area contributed by atoms with Crippen LogP contribution in [0.25, 0.3) is 0 Å². The Kier molecular flexibility index (Phi) is 3.94. The van der Waals surface area contributed by atoms with Crippen LogP contribution in [0.2, 0.25) is 0 Å². The highest BCUT2D eigenvalue weighted by molar-refractivity contribution is 5.90. The number of primary amides is 1. The first-order chi connectivity index (χ1) is 10.2. The lowest BCUT2D eigenvalue weighted by molar-refractivity contribution is -0.139. The molecule has 1 aliphatic carbocycles. The fourth-order valence-corrected chi connectivity index (χ4v) is 3.56. The van der Waals surface area contributed by atoms with E-state index in [1.165, 1.54) is 0 Å². The molecule has 2 fully saturated rings. The number of rotatable bonds is 3. The number of H-pyrrole nitrogens is 1. The van der Waals surface area contributed by atoms with E-state index in [9.17, 15) is 9.59 Å². The van der Waals surface area contributed by atoms with Gasteiger partial charge in [0, 0.05) is 12.5 Å². The van der Waals surface area contributed by atoms with E-state index in [2.05, 4.69) is 10.2 Å². The molecule has 0 unspecified atom stereocenters. The zero-order valence-corrected chi connectivity index (χ0v) is 12.2. The van der Waals surface area contributed by atoms with Crippen molar-refractivity contribution >= 4 is 11.8 Å². The Morgan fingerprint density at radius 1 is 1.19 bits per heavy atom. The lowest BCUT2D eigenvalue weighted by atomic mass is 9.96. The average Bonchev–Trinajstić information content (AvgIpc) is 3.18. The average molecular weight is 290 g/mol. The van der Waals surface area contributed by atoms with Crippen molar-refractivity contribution in [3.05, 3.63) is 17.5 Å². The largest absolute Gasteiger partial charge is 0.364 e. The molecule has 2 aliphatic rings. The lowest BCUT2D eigenvalue weighted by Crippen LogP contribution is -2.41. The summed E-state index contributed by atoms with van der Waals surface area (Å²) in [6.45, 7) is 0.797. The van der Waals surface area contributed by atoms with Crippen molar-refractivity contribution in [3.8, 4) is 0 Å². The highest BCUT2D eigenvalue weighted by atomic mass is 16.2. The zero-order valence-electron chi connectivity index (χ0n) is 12.2. The number of amides is 2. The molecular formula is C15H22N4O2. The van der Waals surface area contributed by atoms with E-state index in [1.807, 2.05) is 4.90 Å². The number of aromatic nitrogens is 2. The van der Waals surface area contributed by atoms with Crippen LogP contribution in [-0.4, -0.2) is 33.5 Å². The van der Waals surface area contributed by atoms with E-state index in [0.717, 1.165) is 57.2 Å². The van der Waals surface area contributed by atoms with Gasteiger partial charge in [0.2, 0.25) is 5.91 Å². The van der Waals surface area contributed by atoms with Crippen LogP contribution in [0.5, 0.6) is 0 Å². The summed E-state index contributed by atoms with van der Waals surface area (Å²) < 4.78 is 0. The summed E-state index contributed by atoms with van der Waals surface area (Å²) in [5.41, 5.74) is 6.32. The van der Waals surface area contributed by atoms with Crippen LogP contribution in [0, 0.1) is 5.92 Å². The molecule has 2 amide bonds. The van der Waals surface area contributed by atoms with Gasteiger partial charge < -0.3 is 10.6 Å². The van der Waals surface area contributed by atoms with Crippen molar-refractivity contribution in [2.24, 2.45) is 11.7 Å². The quantitative estimate of drug-likeness (QED) is 0.888. The van der Waals surface area contributed by atoms with E-state index in [1.54, 1.807) is 6.07 Å². The summed E-state index contributed by atoms with van der Waals surface area (Å²) in [6, 6.07) is 1.69. The van der Waals surface area contributed by atoms with Crippen LogP contribution in [0.4, 0.5) is 0 Å². The molecular weight excluding hydrogens is 268 g/mol. The van der Waals surface area contributed by atoms with Crippen LogP contribution >= 0.6 is 0 Å². The summed E-state index contributed by atoms with van der Waals surface area (Å²) >= 11 is 0. The van der Waals surface area contributed by atoms with Crippen LogP contribution in [0.1, 0.15) is 67.2 Å². The van der Waals surface area contributed by atoms with Crippen LogP contribution in [0.15, 0.2) is 6.07 Å². The van der Waals surface area contributed by atoms with E-state index in [0.29, 0.717) is 0 Å². The molecule has 114 valence electrons. The standard InChI is InChI=1S/C15H22N4O2/c16-14(20)12-9-11(17-18-12)13-7-3-4-8-19(13)15(21)10-5-1-2-6-10/h9-10,13H,1-8H2,(H2,16,20)(H,17,18)/t13-/m0/s1. The van der Waals surface area contributed by atoms with Gasteiger partial charge in [-0.2, -0.15) is 5.10 Å². The fourth-order valence-electron chi connectivity index (χ4n) is 3.56. The zero-order chi connectivity index (χ0) is 14.8. The van der Waals surface area contributed by atoms with Crippen molar-refractivity contribution < 1.29 is 9.59 Å². The molecule has 0 bridgehead atoms. The predicted octanol–water partition coefficient (Wildman–Crippen LogP) is 1.75. The van der Waals surface area contributed by atoms with Gasteiger partial charge >= 0.3 is 0 Å². The second-order valence-electron chi connectivity index (χ2n) is 6.10. The summed E-state index contributed by atoms with van der Waals surface area (Å²) in [5.74, 6) is -0.0847. The first-order valence-electron chi connectivity index (χ1n) is 7.82. The molecule has 1 saturated heterocycles. The Bertz CT molecular complexity index is 534. The summed E-state index contributed by atoms with van der Waals surface area (Å²) in [6.07, 6.45) is 7.39. The maximum Gasteiger partial charge on any atom is 0.269 e. The van der Waals surface area contributed by atoms with Crippen molar-refractivity contribution in [1.82, 2.24) is 15.1 Å². The normalized spacial score (nSPS) is 23.4. The molecule has 0 spiro atoms. The Labute approximate surface area is 124 Å². The van der Waals surface area contributed by atoms with Crippen LogP contribution in [0.3, 0.4) is 0 Å². The molecule has 0 radical (unpaired) electrons. The highest BCUT2D eigenvalue weighted by Gasteiger charge is 2.34. The monoisotopic (exact) mass is 290 g/mol. The third-order valence-electron chi connectivity index (χ3n) is 4.70. The molecule has 1 saturated carbocycles. The van der Waals surface area contributed by atoms with Crippen LogP contribution in [-0.2, 0) is 4.79 Å². The van der Waals surface area contributed by atoms with Gasteiger partial charge in [-0.05, 0) is 38.2 Å². The molecule has 3 N–H and O–H groups in total. The first-order valence-corrected chi connectivity index (χ1v) is 7.82. The number of nitrogens with one attached hydrogen (secondary N) is 1. The second kappa shape index (κ2) is 5.87. The number of aromatic amines is 1. The van der Waals surface area contributed by atoms with Gasteiger partial charge in [0.15, 0.2) is 0 Å². The number of carbonyl (C=O) groups excluding carboxylic acids is 2. The van der Waals surface area contributed by atoms with Crippen molar-refractivity contribution in [2.45, 2.75) is 51.0 Å². The smallest absolute Gasteiger partial charge is 0.269 e. The third-order valence-corrected chi connectivity index (χ3v) is 4.70. The van der Waals surface area contributed by atoms with Gasteiger partial charge in [-0.25, -0.2) is 0 Å². The van der Waals surface area contributed by atoms with Crippen molar-refractivity contribution in [2.75, 3.05) is 6.54 Å². The maximum atomic E-state index is 12.7. The topological polar surface area (TPSA) is 92.1 Å². The molecule has 1 atom stereocenters. The summed E-state index contributed by atoms with van der Waals surface area (Å²) in [4.78, 5) is 25.9. The number of hydrogen-bond donors (Lipinski definition) is 2. The van der Waals surface area contributed by atoms with E-state index >= 15 is 0 Å². The molecule has 1 aliphatic heterocycles. The Morgan fingerprint density at radius 2 is 1.90 bits per heavy atom. The minimum atomic E-state index is -0.540. The Balaban J connectivity index is 1.79. The van der Waals surface area contributed by atoms with Crippen LogP contribution < -0.4 is 5.73 Å². The number of likely N-dealkylation sites (tertiary alicyclic amines) is 1. The highest BCUT2D eigenvalue weighted by Crippen LogP contribution is 2.34. The van der Waals surface area contributed by atoms with Gasteiger partial charge in [-0.3, -0.25) is 14.7 Å². The fraction of sp³-hybridized carbons (Fsp3) is 0.667. The number of nitrogens with two attached hydrogens (primary N) is 1. The Hall–Kier alpha value is -1.85. The molecule has 3 rings (SSSR count). The number of nitrogens with zero attached hydrogens (tertiary/aromatic N) is 2. The van der Waals surface area contributed by atoms with Gasteiger partial charge in [0.1, 0.15) is 5.69 Å². The third kappa shape index (κ3) is 2.80.